The average molecular weight is 267 g/mol. The first-order valence-corrected chi connectivity index (χ1v) is 6.71. The maximum atomic E-state index is 12.3. The van der Waals surface area contributed by atoms with E-state index in [-0.39, 0.29) is 5.91 Å². The number of anilines is 1. The summed E-state index contributed by atoms with van der Waals surface area (Å²) in [7, 11) is 0. The Labute approximate surface area is 118 Å². The van der Waals surface area contributed by atoms with Crippen LogP contribution in [0.15, 0.2) is 30.3 Å². The zero-order chi connectivity index (χ0) is 14.1. The van der Waals surface area contributed by atoms with Crippen LogP contribution in [0.3, 0.4) is 0 Å². The van der Waals surface area contributed by atoms with Crippen LogP contribution in [-0.4, -0.2) is 10.9 Å². The first kappa shape index (κ1) is 12.8. The van der Waals surface area contributed by atoms with Crippen molar-refractivity contribution in [3.05, 3.63) is 58.3 Å². The van der Waals surface area contributed by atoms with Gasteiger partial charge in [0.05, 0.1) is 0 Å². The van der Waals surface area contributed by atoms with E-state index in [4.69, 9.17) is 0 Å². The molecule has 1 aromatic heterocycles. The molecular formula is C16H17N3O. The van der Waals surface area contributed by atoms with Crippen molar-refractivity contribution < 1.29 is 4.79 Å². The Morgan fingerprint density at radius 1 is 1.15 bits per heavy atom. The number of rotatable bonds is 2. The number of fused-ring (bicyclic) bond motifs is 1. The van der Waals surface area contributed by atoms with Crippen molar-refractivity contribution in [1.82, 2.24) is 10.3 Å². The van der Waals surface area contributed by atoms with Gasteiger partial charge in [0.25, 0.3) is 5.91 Å². The van der Waals surface area contributed by atoms with E-state index in [2.05, 4.69) is 15.6 Å². The molecule has 0 atom stereocenters. The molecule has 3 rings (SSSR count). The highest BCUT2D eigenvalue weighted by Gasteiger charge is 2.14. The average Bonchev–Trinajstić information content (AvgIpc) is 2.84. The summed E-state index contributed by atoms with van der Waals surface area (Å²) in [5, 5.41) is 6.14. The number of pyridine rings is 1. The van der Waals surface area contributed by atoms with Crippen molar-refractivity contribution >= 4 is 11.7 Å². The van der Waals surface area contributed by atoms with Crippen molar-refractivity contribution in [2.24, 2.45) is 0 Å². The number of carbonyl (C=O) groups excluding carboxylic acids is 1. The number of hydrogen-bond acceptors (Lipinski definition) is 3. The number of benzene rings is 1. The Balaban J connectivity index is 1.82. The summed E-state index contributed by atoms with van der Waals surface area (Å²) < 4.78 is 0. The smallest absolute Gasteiger partial charge is 0.256 e. The standard InChI is InChI=1S/C16H17N3O/c1-10-5-11(2)18-15(6-10)19-16(20)12-3-4-13-8-17-9-14(13)7-12/h3-7,17H,8-9H2,1-2H3,(H,18,19,20). The van der Waals surface area contributed by atoms with Gasteiger partial charge in [-0.2, -0.15) is 0 Å². The predicted molar refractivity (Wildman–Crippen MR) is 78.6 cm³/mol. The molecule has 2 aromatic rings. The summed E-state index contributed by atoms with van der Waals surface area (Å²) in [5.74, 6) is 0.489. The summed E-state index contributed by atoms with van der Waals surface area (Å²) in [5.41, 5.74) is 5.13. The van der Waals surface area contributed by atoms with Gasteiger partial charge in [-0.15, -0.1) is 0 Å². The molecule has 1 aliphatic heterocycles. The SMILES string of the molecule is Cc1cc(C)nc(NC(=O)c2ccc3c(c2)CNC3)c1. The highest BCUT2D eigenvalue weighted by molar-refractivity contribution is 6.04. The summed E-state index contributed by atoms with van der Waals surface area (Å²) in [6, 6.07) is 9.69. The molecule has 0 radical (unpaired) electrons. The van der Waals surface area contributed by atoms with Crippen LogP contribution in [0, 0.1) is 13.8 Å². The third-order valence-electron chi connectivity index (χ3n) is 3.44. The summed E-state index contributed by atoms with van der Waals surface area (Å²) in [4.78, 5) is 16.6. The van der Waals surface area contributed by atoms with Crippen LogP contribution in [0.2, 0.25) is 0 Å². The second-order valence-electron chi connectivity index (χ2n) is 5.21. The lowest BCUT2D eigenvalue weighted by molar-refractivity contribution is 0.102. The molecule has 1 aromatic carbocycles. The van der Waals surface area contributed by atoms with Crippen LogP contribution in [0.5, 0.6) is 0 Å². The zero-order valence-corrected chi connectivity index (χ0v) is 11.7. The van der Waals surface area contributed by atoms with Gasteiger partial charge >= 0.3 is 0 Å². The number of aromatic nitrogens is 1. The molecule has 0 aliphatic carbocycles. The van der Waals surface area contributed by atoms with Crippen molar-refractivity contribution in [2.45, 2.75) is 26.9 Å². The Kier molecular flexibility index (Phi) is 3.24. The fourth-order valence-electron chi connectivity index (χ4n) is 2.53. The van der Waals surface area contributed by atoms with Crippen LogP contribution in [0.1, 0.15) is 32.7 Å². The van der Waals surface area contributed by atoms with E-state index < -0.39 is 0 Å². The van der Waals surface area contributed by atoms with Gasteiger partial charge in [-0.3, -0.25) is 4.79 Å². The van der Waals surface area contributed by atoms with Gasteiger partial charge in [-0.1, -0.05) is 6.07 Å². The molecule has 0 spiro atoms. The lowest BCUT2D eigenvalue weighted by Crippen LogP contribution is -2.13. The first-order chi connectivity index (χ1) is 9.61. The monoisotopic (exact) mass is 267 g/mol. The van der Waals surface area contributed by atoms with Gasteiger partial charge in [0.1, 0.15) is 5.82 Å². The quantitative estimate of drug-likeness (QED) is 0.879. The number of amides is 1. The molecular weight excluding hydrogens is 250 g/mol. The normalized spacial score (nSPS) is 13.1. The molecule has 0 bridgehead atoms. The molecule has 2 heterocycles. The lowest BCUT2D eigenvalue weighted by atomic mass is 10.1. The maximum Gasteiger partial charge on any atom is 0.256 e. The third-order valence-corrected chi connectivity index (χ3v) is 3.44. The molecule has 0 saturated carbocycles. The highest BCUT2D eigenvalue weighted by Crippen LogP contribution is 2.18. The van der Waals surface area contributed by atoms with E-state index in [1.165, 1.54) is 11.1 Å². The van der Waals surface area contributed by atoms with Gasteiger partial charge in [-0.25, -0.2) is 4.98 Å². The fourth-order valence-corrected chi connectivity index (χ4v) is 2.53. The van der Waals surface area contributed by atoms with E-state index in [9.17, 15) is 4.79 Å². The summed E-state index contributed by atoms with van der Waals surface area (Å²) in [6.07, 6.45) is 0. The number of carbonyl (C=O) groups is 1. The molecule has 2 N–H and O–H groups in total. The van der Waals surface area contributed by atoms with Crippen molar-refractivity contribution in [3.8, 4) is 0 Å². The van der Waals surface area contributed by atoms with E-state index in [1.807, 2.05) is 44.2 Å². The van der Waals surface area contributed by atoms with Gasteiger partial charge < -0.3 is 10.6 Å². The summed E-state index contributed by atoms with van der Waals surface area (Å²) in [6.45, 7) is 5.63. The van der Waals surface area contributed by atoms with Gasteiger partial charge in [0.15, 0.2) is 0 Å². The highest BCUT2D eigenvalue weighted by atomic mass is 16.1. The Hall–Kier alpha value is -2.20. The van der Waals surface area contributed by atoms with Gasteiger partial charge in [-0.05, 0) is 54.8 Å². The minimum absolute atomic E-state index is 0.114. The van der Waals surface area contributed by atoms with Crippen LogP contribution < -0.4 is 10.6 Å². The second kappa shape index (κ2) is 5.06. The number of nitrogens with one attached hydrogen (secondary N) is 2. The molecule has 20 heavy (non-hydrogen) atoms. The van der Waals surface area contributed by atoms with Gasteiger partial charge in [0.2, 0.25) is 0 Å². The lowest BCUT2D eigenvalue weighted by Gasteiger charge is -2.07. The topological polar surface area (TPSA) is 54.0 Å². The molecule has 1 aliphatic rings. The van der Waals surface area contributed by atoms with Crippen molar-refractivity contribution in [2.75, 3.05) is 5.32 Å². The molecule has 0 unspecified atom stereocenters. The van der Waals surface area contributed by atoms with Crippen LogP contribution in [0.25, 0.3) is 0 Å². The maximum absolute atomic E-state index is 12.3. The van der Waals surface area contributed by atoms with E-state index in [1.54, 1.807) is 0 Å². The van der Waals surface area contributed by atoms with Crippen molar-refractivity contribution in [1.29, 1.82) is 0 Å². The molecule has 4 nitrogen and oxygen atoms in total. The Morgan fingerprint density at radius 2 is 1.95 bits per heavy atom. The molecule has 1 amide bonds. The largest absolute Gasteiger partial charge is 0.309 e. The fraction of sp³-hybridized carbons (Fsp3) is 0.250. The van der Waals surface area contributed by atoms with E-state index in [0.29, 0.717) is 11.4 Å². The first-order valence-electron chi connectivity index (χ1n) is 6.71. The molecule has 102 valence electrons. The van der Waals surface area contributed by atoms with Crippen LogP contribution in [-0.2, 0) is 13.1 Å². The van der Waals surface area contributed by atoms with Crippen LogP contribution >= 0.6 is 0 Å². The molecule has 0 saturated heterocycles. The minimum atomic E-state index is -0.114. The zero-order valence-electron chi connectivity index (χ0n) is 11.7. The van der Waals surface area contributed by atoms with E-state index >= 15 is 0 Å². The second-order valence-corrected chi connectivity index (χ2v) is 5.21. The Bertz CT molecular complexity index is 659. The van der Waals surface area contributed by atoms with E-state index in [0.717, 1.165) is 24.3 Å². The third kappa shape index (κ3) is 2.56. The summed E-state index contributed by atoms with van der Waals surface area (Å²) >= 11 is 0. The minimum Gasteiger partial charge on any atom is -0.309 e. The Morgan fingerprint density at radius 3 is 2.75 bits per heavy atom. The molecule has 0 fully saturated rings. The van der Waals surface area contributed by atoms with Gasteiger partial charge in [0, 0.05) is 24.3 Å². The number of nitrogens with zero attached hydrogens (tertiary/aromatic N) is 1. The number of aryl methyl sites for hydroxylation is 2. The molecule has 4 heteroatoms. The predicted octanol–water partition coefficient (Wildman–Crippen LogP) is 2.55. The van der Waals surface area contributed by atoms with Crippen LogP contribution in [0.4, 0.5) is 5.82 Å². The van der Waals surface area contributed by atoms with Crippen molar-refractivity contribution in [3.63, 3.8) is 0 Å². The number of hydrogen-bond donors (Lipinski definition) is 2.